The van der Waals surface area contributed by atoms with Crippen LogP contribution in [-0.2, 0) is 0 Å². The second-order valence-electron chi connectivity index (χ2n) is 4.09. The Hall–Kier alpha value is -1.55. The van der Waals surface area contributed by atoms with Crippen LogP contribution in [0, 0.1) is 6.92 Å². The Morgan fingerprint density at radius 2 is 1.88 bits per heavy atom. The Bertz CT molecular complexity index is 354. The summed E-state index contributed by atoms with van der Waals surface area (Å²) in [6, 6.07) is 8.43. The fourth-order valence-corrected chi connectivity index (χ4v) is 1.36. The Morgan fingerprint density at radius 1 is 1.31 bits per heavy atom. The van der Waals surface area contributed by atoms with E-state index in [0.29, 0.717) is 5.96 Å². The van der Waals surface area contributed by atoms with E-state index < -0.39 is 0 Å². The number of aryl methyl sites for hydroxylation is 1. The van der Waals surface area contributed by atoms with E-state index >= 15 is 0 Å². The highest BCUT2D eigenvalue weighted by molar-refractivity contribution is 5.95. The Labute approximate surface area is 97.1 Å². The van der Waals surface area contributed by atoms with Gasteiger partial charge >= 0.3 is 0 Å². The van der Waals surface area contributed by atoms with E-state index in [1.165, 1.54) is 5.56 Å². The van der Waals surface area contributed by atoms with Gasteiger partial charge in [0.2, 0.25) is 5.96 Å². The molecule has 0 aliphatic rings. The molecule has 0 unspecified atom stereocenters. The summed E-state index contributed by atoms with van der Waals surface area (Å²) in [5.41, 5.74) is 4.92. The van der Waals surface area contributed by atoms with Crippen LogP contribution < -0.4 is 16.2 Å². The van der Waals surface area contributed by atoms with Crippen LogP contribution >= 0.6 is 0 Å². The van der Waals surface area contributed by atoms with Crippen molar-refractivity contribution in [2.75, 3.05) is 11.9 Å². The number of nitrogens with two attached hydrogens (primary N) is 1. The molecule has 0 saturated carbocycles. The molecule has 1 rings (SSSR count). The number of benzene rings is 1. The minimum Gasteiger partial charge on any atom is -0.315 e. The summed E-state index contributed by atoms with van der Waals surface area (Å²) in [6.45, 7) is 6.09. The summed E-state index contributed by atoms with van der Waals surface area (Å²) in [5, 5.41) is 0. The summed E-state index contributed by atoms with van der Waals surface area (Å²) in [7, 11) is 1.94. The number of hydrazine groups is 1. The predicted molar refractivity (Wildman–Crippen MR) is 69.5 cm³/mol. The van der Waals surface area contributed by atoms with Gasteiger partial charge in [-0.2, -0.15) is 0 Å². The summed E-state index contributed by atoms with van der Waals surface area (Å²) in [5.74, 6) is 6.13. The largest absolute Gasteiger partial charge is 0.315 e. The van der Waals surface area contributed by atoms with Crippen LogP contribution in [0.2, 0.25) is 0 Å². The maximum Gasteiger partial charge on any atom is 0.212 e. The van der Waals surface area contributed by atoms with Crippen LogP contribution in [0.1, 0.15) is 19.4 Å². The molecule has 0 aliphatic carbocycles. The molecule has 0 bridgehead atoms. The topological polar surface area (TPSA) is 53.6 Å². The molecular formula is C12H20N4. The van der Waals surface area contributed by atoms with E-state index in [4.69, 9.17) is 5.84 Å². The molecule has 1 aromatic carbocycles. The highest BCUT2D eigenvalue weighted by Gasteiger charge is 2.07. The molecule has 0 fully saturated rings. The molecule has 0 heterocycles. The molecule has 0 radical (unpaired) electrons. The normalized spacial score (nSPS) is 11.8. The molecule has 0 atom stereocenters. The minimum absolute atomic E-state index is 0.207. The Kier molecular flexibility index (Phi) is 4.31. The standard InChI is InChI=1S/C12H20N4/c1-9(2)14-12(15-13)16(4)11-7-5-10(3)6-8-11/h5-9H,13H2,1-4H3,(H,14,15). The van der Waals surface area contributed by atoms with Crippen molar-refractivity contribution >= 4 is 11.6 Å². The summed E-state index contributed by atoms with van der Waals surface area (Å²) in [4.78, 5) is 6.33. The van der Waals surface area contributed by atoms with Crippen molar-refractivity contribution in [1.29, 1.82) is 0 Å². The van der Waals surface area contributed by atoms with E-state index in [1.54, 1.807) is 0 Å². The second-order valence-corrected chi connectivity index (χ2v) is 4.09. The first-order chi connectivity index (χ1) is 7.54. The second kappa shape index (κ2) is 5.51. The number of nitrogens with zero attached hydrogens (tertiary/aromatic N) is 2. The van der Waals surface area contributed by atoms with Gasteiger partial charge in [-0.25, -0.2) is 10.8 Å². The number of anilines is 1. The van der Waals surface area contributed by atoms with Gasteiger partial charge in [-0.1, -0.05) is 17.7 Å². The summed E-state index contributed by atoms with van der Waals surface area (Å²) < 4.78 is 0. The molecule has 4 heteroatoms. The van der Waals surface area contributed by atoms with Crippen LogP contribution in [-0.4, -0.2) is 19.0 Å². The zero-order valence-electron chi connectivity index (χ0n) is 10.4. The highest BCUT2D eigenvalue weighted by Crippen LogP contribution is 2.13. The van der Waals surface area contributed by atoms with Crippen molar-refractivity contribution in [3.05, 3.63) is 29.8 Å². The Morgan fingerprint density at radius 3 is 2.31 bits per heavy atom. The third kappa shape index (κ3) is 3.24. The van der Waals surface area contributed by atoms with Gasteiger partial charge in [-0.15, -0.1) is 0 Å². The molecule has 0 aromatic heterocycles. The first-order valence-electron chi connectivity index (χ1n) is 5.39. The van der Waals surface area contributed by atoms with Crippen LogP contribution in [0.5, 0.6) is 0 Å². The fourth-order valence-electron chi connectivity index (χ4n) is 1.36. The first kappa shape index (κ1) is 12.5. The number of hydrogen-bond acceptors (Lipinski definition) is 2. The smallest absolute Gasteiger partial charge is 0.212 e. The van der Waals surface area contributed by atoms with E-state index in [2.05, 4.69) is 29.5 Å². The van der Waals surface area contributed by atoms with Crippen molar-refractivity contribution in [1.82, 2.24) is 5.43 Å². The zero-order chi connectivity index (χ0) is 12.1. The predicted octanol–water partition coefficient (Wildman–Crippen LogP) is 1.66. The number of aliphatic imine (C=N–C) groups is 1. The van der Waals surface area contributed by atoms with E-state index in [0.717, 1.165) is 5.69 Å². The molecule has 16 heavy (non-hydrogen) atoms. The lowest BCUT2D eigenvalue weighted by atomic mass is 10.2. The minimum atomic E-state index is 0.207. The van der Waals surface area contributed by atoms with Crippen molar-refractivity contribution < 1.29 is 0 Å². The first-order valence-corrected chi connectivity index (χ1v) is 5.39. The molecule has 1 aromatic rings. The SMILES string of the molecule is Cc1ccc(N(C)C(=NC(C)C)NN)cc1. The molecular weight excluding hydrogens is 200 g/mol. The van der Waals surface area contributed by atoms with E-state index in [1.807, 2.05) is 37.9 Å². The van der Waals surface area contributed by atoms with Crippen molar-refractivity contribution in [3.63, 3.8) is 0 Å². The molecule has 0 spiro atoms. The number of rotatable bonds is 2. The van der Waals surface area contributed by atoms with Crippen molar-refractivity contribution in [2.24, 2.45) is 10.8 Å². The molecule has 0 saturated heterocycles. The van der Waals surface area contributed by atoms with Crippen LogP contribution in [0.25, 0.3) is 0 Å². The van der Waals surface area contributed by atoms with Gasteiger partial charge in [-0.3, -0.25) is 5.43 Å². The lowest BCUT2D eigenvalue weighted by Gasteiger charge is -2.21. The number of nitrogens with one attached hydrogen (secondary N) is 1. The molecule has 0 aliphatic heterocycles. The van der Waals surface area contributed by atoms with E-state index in [9.17, 15) is 0 Å². The van der Waals surface area contributed by atoms with Gasteiger partial charge in [0.1, 0.15) is 0 Å². The maximum atomic E-state index is 5.47. The molecule has 3 N–H and O–H groups in total. The molecule has 4 nitrogen and oxygen atoms in total. The average Bonchev–Trinajstić information content (AvgIpc) is 2.25. The Balaban J connectivity index is 2.91. The number of hydrogen-bond donors (Lipinski definition) is 2. The fraction of sp³-hybridized carbons (Fsp3) is 0.417. The summed E-state index contributed by atoms with van der Waals surface area (Å²) >= 11 is 0. The lowest BCUT2D eigenvalue weighted by molar-refractivity contribution is 0.809. The lowest BCUT2D eigenvalue weighted by Crippen LogP contribution is -2.43. The van der Waals surface area contributed by atoms with Crippen LogP contribution in [0.3, 0.4) is 0 Å². The van der Waals surface area contributed by atoms with Gasteiger partial charge in [0.05, 0.1) is 0 Å². The third-order valence-electron chi connectivity index (χ3n) is 2.25. The van der Waals surface area contributed by atoms with Crippen molar-refractivity contribution in [3.8, 4) is 0 Å². The van der Waals surface area contributed by atoms with Gasteiger partial charge in [0.25, 0.3) is 0 Å². The molecule has 0 amide bonds. The van der Waals surface area contributed by atoms with Crippen LogP contribution in [0.4, 0.5) is 5.69 Å². The van der Waals surface area contributed by atoms with Crippen LogP contribution in [0.15, 0.2) is 29.3 Å². The van der Waals surface area contributed by atoms with Gasteiger partial charge < -0.3 is 4.90 Å². The van der Waals surface area contributed by atoms with Gasteiger partial charge in [0, 0.05) is 18.8 Å². The van der Waals surface area contributed by atoms with Gasteiger partial charge in [0.15, 0.2) is 0 Å². The zero-order valence-corrected chi connectivity index (χ0v) is 10.4. The van der Waals surface area contributed by atoms with Gasteiger partial charge in [-0.05, 0) is 32.9 Å². The average molecular weight is 220 g/mol. The van der Waals surface area contributed by atoms with E-state index in [-0.39, 0.29) is 6.04 Å². The van der Waals surface area contributed by atoms with Crippen molar-refractivity contribution in [2.45, 2.75) is 26.8 Å². The number of guanidine groups is 1. The third-order valence-corrected chi connectivity index (χ3v) is 2.25. The maximum absolute atomic E-state index is 5.47. The molecule has 88 valence electrons. The highest BCUT2D eigenvalue weighted by atomic mass is 15.4. The monoisotopic (exact) mass is 220 g/mol. The quantitative estimate of drug-likeness (QED) is 0.345. The summed E-state index contributed by atoms with van der Waals surface area (Å²) in [6.07, 6.45) is 0.